The van der Waals surface area contributed by atoms with E-state index >= 15 is 0 Å². The highest BCUT2D eigenvalue weighted by Crippen LogP contribution is 2.30. The number of hydrogen-bond acceptors (Lipinski definition) is 16. The zero-order valence-electron chi connectivity index (χ0n) is 44.8. The van der Waals surface area contributed by atoms with Crippen molar-refractivity contribution >= 4 is 119 Å². The molecule has 396 valence electrons. The van der Waals surface area contributed by atoms with Gasteiger partial charge in [0.1, 0.15) is 0 Å². The van der Waals surface area contributed by atoms with E-state index in [2.05, 4.69) is 0 Å². The van der Waals surface area contributed by atoms with Crippen LogP contribution in [0.3, 0.4) is 0 Å². The van der Waals surface area contributed by atoms with Gasteiger partial charge in [-0.25, -0.2) is 0 Å². The SMILES string of the molecule is CC1=C(C)C(=O)N(CCC[Si](C)(C)O[Si]2O[Si](O[Si](C)(C)CCCN3C(=O)C(C)=C(C)C3=O)O[Si](O[Si](C)(C)CCCN3C(=O)C(C)=C(C)C3=O)O[Si](O[Si](C)(C)CCCN3C(=O)C(C)=C(C)C3=O)O2)C1=O. The van der Waals surface area contributed by atoms with Crippen LogP contribution in [0.1, 0.15) is 81.1 Å². The second-order valence-electron chi connectivity index (χ2n) is 21.3. The third-order valence-electron chi connectivity index (χ3n) is 13.5. The predicted octanol–water partition coefficient (Wildman–Crippen LogP) is 5.27. The zero-order valence-corrected chi connectivity index (χ0v) is 52.8. The fourth-order valence-corrected chi connectivity index (χ4v) is 29.9. The Morgan fingerprint density at radius 2 is 0.444 bits per heavy atom. The van der Waals surface area contributed by atoms with Gasteiger partial charge in [-0.05, 0) is 158 Å². The normalized spacial score (nSPS) is 20.6. The predicted molar refractivity (Wildman–Crippen MR) is 280 cm³/mol. The monoisotopic (exact) mass is 1140 g/mol. The molecule has 20 nitrogen and oxygen atoms in total. The third kappa shape index (κ3) is 14.7. The number of carbonyl (C=O) groups is 8. The minimum atomic E-state index is -2.78. The van der Waals surface area contributed by atoms with Crippen molar-refractivity contribution in [3.05, 3.63) is 44.6 Å². The van der Waals surface area contributed by atoms with Crippen molar-refractivity contribution in [3.8, 4) is 0 Å². The Kier molecular flexibility index (Phi) is 19.8. The first-order chi connectivity index (χ1) is 33.3. The van der Waals surface area contributed by atoms with Crippen molar-refractivity contribution in [2.24, 2.45) is 0 Å². The van der Waals surface area contributed by atoms with E-state index in [0.717, 1.165) is 0 Å². The van der Waals surface area contributed by atoms with Crippen molar-refractivity contribution in [1.29, 1.82) is 0 Å². The van der Waals surface area contributed by atoms with E-state index in [-0.39, 0.29) is 73.4 Å². The van der Waals surface area contributed by atoms with Crippen LogP contribution in [0.15, 0.2) is 44.6 Å². The van der Waals surface area contributed by atoms with Crippen LogP contribution < -0.4 is 0 Å². The van der Waals surface area contributed by atoms with Crippen LogP contribution in [0.4, 0.5) is 0 Å². The molecule has 0 aliphatic carbocycles. The van der Waals surface area contributed by atoms with Crippen molar-refractivity contribution in [2.45, 2.75) is 158 Å². The van der Waals surface area contributed by atoms with Crippen LogP contribution in [0.25, 0.3) is 0 Å². The van der Waals surface area contributed by atoms with Gasteiger partial charge in [0.2, 0.25) is 0 Å². The Hall–Kier alpha value is -3.06. The Bertz CT molecular complexity index is 1950. The van der Waals surface area contributed by atoms with Gasteiger partial charge in [0, 0.05) is 70.8 Å². The lowest BCUT2D eigenvalue weighted by molar-refractivity contribution is -0.139. The highest BCUT2D eigenvalue weighted by Gasteiger charge is 2.51. The van der Waals surface area contributed by atoms with Gasteiger partial charge in [0.25, 0.3) is 47.3 Å². The Labute approximate surface area is 435 Å². The second-order valence-corrected chi connectivity index (χ2v) is 45.9. The summed E-state index contributed by atoms with van der Waals surface area (Å²) in [6, 6.07) is 2.12. The fourth-order valence-electron chi connectivity index (χ4n) is 8.36. The molecule has 72 heavy (non-hydrogen) atoms. The molecule has 8 amide bonds. The average molecular weight is 1140 g/mol. The second kappa shape index (κ2) is 23.9. The van der Waals surface area contributed by atoms with Crippen molar-refractivity contribution in [3.63, 3.8) is 0 Å². The molecule has 5 aliphatic rings. The summed E-state index contributed by atoms with van der Waals surface area (Å²) in [5.41, 5.74) is 3.49. The van der Waals surface area contributed by atoms with E-state index < -0.39 is 71.4 Å². The molecule has 0 atom stereocenters. The number of nitrogens with zero attached hydrogens (tertiary/aromatic N) is 4. The molecule has 5 aliphatic heterocycles. The molecular formula is C44H72N4O16Si8. The molecule has 0 aromatic carbocycles. The van der Waals surface area contributed by atoms with Gasteiger partial charge in [-0.2, -0.15) is 0 Å². The first kappa shape index (κ1) is 59.8. The number of imide groups is 4. The summed E-state index contributed by atoms with van der Waals surface area (Å²) in [6.07, 6.45) is 1.91. The smallest absolute Gasteiger partial charge is 0.414 e. The molecule has 5 rings (SSSR count). The lowest BCUT2D eigenvalue weighted by Gasteiger charge is -2.37. The molecule has 0 bridgehead atoms. The van der Waals surface area contributed by atoms with Crippen LogP contribution in [-0.4, -0.2) is 164 Å². The maximum atomic E-state index is 12.9. The number of hydrogen-bond donors (Lipinski definition) is 0. The molecule has 0 aromatic rings. The number of rotatable bonds is 24. The lowest BCUT2D eigenvalue weighted by Crippen LogP contribution is -2.59. The highest BCUT2D eigenvalue weighted by atomic mass is 28.5. The first-order valence-electron chi connectivity index (χ1n) is 24.4. The van der Waals surface area contributed by atoms with Crippen molar-refractivity contribution < 1.29 is 71.3 Å². The van der Waals surface area contributed by atoms with E-state index in [1.54, 1.807) is 55.4 Å². The molecule has 0 aromatic heterocycles. The van der Waals surface area contributed by atoms with E-state index in [1.165, 1.54) is 19.6 Å². The zero-order chi connectivity index (χ0) is 54.0. The molecule has 1 fully saturated rings. The Morgan fingerprint density at radius 1 is 0.306 bits per heavy atom. The number of carbonyl (C=O) groups excluding carboxylic acids is 8. The summed E-state index contributed by atoms with van der Waals surface area (Å²) in [4.78, 5) is 108. The summed E-state index contributed by atoms with van der Waals surface area (Å²) in [6.45, 7) is 30.0. The van der Waals surface area contributed by atoms with Crippen LogP contribution in [-0.2, 0) is 71.3 Å². The summed E-state index contributed by atoms with van der Waals surface area (Å²) < 4.78 is 54.2. The summed E-state index contributed by atoms with van der Waals surface area (Å²) >= 11 is 0. The molecule has 0 N–H and O–H groups in total. The van der Waals surface area contributed by atoms with E-state index in [1.807, 2.05) is 52.4 Å². The minimum absolute atomic E-state index is 0.218. The maximum absolute atomic E-state index is 12.9. The first-order valence-corrected chi connectivity index (χ1v) is 41.7. The Morgan fingerprint density at radius 3 is 0.583 bits per heavy atom. The molecule has 5 heterocycles. The van der Waals surface area contributed by atoms with E-state index in [9.17, 15) is 38.4 Å². The van der Waals surface area contributed by atoms with Gasteiger partial charge in [-0.3, -0.25) is 58.0 Å². The molecule has 28 heteroatoms. The maximum Gasteiger partial charge on any atom is 0.550 e. The van der Waals surface area contributed by atoms with Crippen LogP contribution in [0.2, 0.25) is 76.6 Å². The van der Waals surface area contributed by atoms with Gasteiger partial charge in [0.15, 0.2) is 33.3 Å². The van der Waals surface area contributed by atoms with Gasteiger partial charge in [-0.15, -0.1) is 0 Å². The topological polar surface area (TPSA) is 223 Å². The number of amides is 8. The average Bonchev–Trinajstić information content (AvgIpc) is 3.74. The van der Waals surface area contributed by atoms with Crippen molar-refractivity contribution in [2.75, 3.05) is 26.2 Å². The van der Waals surface area contributed by atoms with Gasteiger partial charge < -0.3 is 32.9 Å². The molecule has 0 saturated carbocycles. The van der Waals surface area contributed by atoms with Crippen LogP contribution >= 0.6 is 0 Å². The quantitative estimate of drug-likeness (QED) is 0.0887. The lowest BCUT2D eigenvalue weighted by atomic mass is 10.2. The van der Waals surface area contributed by atoms with Crippen molar-refractivity contribution in [1.82, 2.24) is 19.6 Å². The van der Waals surface area contributed by atoms with Gasteiger partial charge in [0.05, 0.1) is 0 Å². The van der Waals surface area contributed by atoms with Crippen LogP contribution in [0, 0.1) is 0 Å². The summed E-state index contributed by atoms with van der Waals surface area (Å²) in [5.74, 6) is -2.41. The molecule has 0 unspecified atom stereocenters. The minimum Gasteiger partial charge on any atom is -0.414 e. The summed E-state index contributed by atoms with van der Waals surface area (Å²) in [5, 5.41) is 0. The highest BCUT2D eigenvalue weighted by molar-refractivity contribution is 6.84. The van der Waals surface area contributed by atoms with E-state index in [0.29, 0.717) is 94.4 Å². The fraction of sp³-hybridized carbons (Fsp3) is 0.636. The standard InChI is InChI=1S/C44H72N4O16Si8/c1-29-30(2)38(50)45(37(29)49)21-17-25-69(9,10)61-65-57-66(62-70(11,12)26-18-22-46-39(51)31(3)32(4)40(46)52)59-68(64-72(15,16)28-20-24-48-43(55)35(7)36(8)44(48)56)60-67(58-65)63-71(13,14)27-19-23-47-41(53)33(5)34(6)42(47)54/h17-28H2,1-16H3. The molecule has 4 radical (unpaired) electrons. The van der Waals surface area contributed by atoms with Gasteiger partial charge in [-0.1, -0.05) is 0 Å². The third-order valence-corrected chi connectivity index (χ3v) is 36.6. The van der Waals surface area contributed by atoms with E-state index in [4.69, 9.17) is 32.9 Å². The molecule has 0 spiro atoms. The Balaban J connectivity index is 1.37. The van der Waals surface area contributed by atoms with Gasteiger partial charge >= 0.3 is 38.1 Å². The summed E-state index contributed by atoms with van der Waals surface area (Å²) in [7, 11) is -22.1. The van der Waals surface area contributed by atoms with Crippen LogP contribution in [0.5, 0.6) is 0 Å². The molecular weight excluding hydrogens is 1070 g/mol. The largest absolute Gasteiger partial charge is 0.550 e. The molecule has 1 saturated heterocycles.